The van der Waals surface area contributed by atoms with Crippen LogP contribution in [0.25, 0.3) is 0 Å². The van der Waals surface area contributed by atoms with Crippen molar-refractivity contribution in [2.45, 2.75) is 20.8 Å². The van der Waals surface area contributed by atoms with Crippen molar-refractivity contribution < 1.29 is 40.4 Å². The van der Waals surface area contributed by atoms with Gasteiger partial charge >= 0.3 is 0 Å². The quantitative estimate of drug-likeness (QED) is 0.530. The molecule has 0 bridgehead atoms. The number of hydrogen-bond donors (Lipinski definition) is 0. The monoisotopic (exact) mass is 249 g/mol. The van der Waals surface area contributed by atoms with E-state index in [9.17, 15) is 0 Å². The SMILES string of the molecule is CCO[C-]=C(OCC)OCC.[Zr]. The molecule has 0 atom stereocenters. The molecule has 3 nitrogen and oxygen atoms in total. The molecular formula is C8H15O3Zr-. The molecule has 0 saturated carbocycles. The van der Waals surface area contributed by atoms with Crippen molar-refractivity contribution >= 4 is 0 Å². The van der Waals surface area contributed by atoms with Gasteiger partial charge in [0, 0.05) is 32.8 Å². The summed E-state index contributed by atoms with van der Waals surface area (Å²) in [6.45, 7) is 7.34. The molecule has 0 aromatic carbocycles. The van der Waals surface area contributed by atoms with Gasteiger partial charge in [-0.1, -0.05) is 0 Å². The molecule has 0 aromatic heterocycles. The van der Waals surface area contributed by atoms with E-state index in [1.807, 2.05) is 20.8 Å². The minimum absolute atomic E-state index is 0. The third-order valence-corrected chi connectivity index (χ3v) is 0.851. The Bertz CT molecular complexity index is 107. The standard InChI is InChI=1S/C8H15O3.Zr/c1-4-9-7-8(10-5-2)11-6-3;/h4-6H2,1-3H3;/q-1;. The molecule has 0 saturated heterocycles. The molecule has 70 valence electrons. The maximum absolute atomic E-state index is 5.04. The first kappa shape index (κ1) is 14.5. The smallest absolute Gasteiger partial charge is 0.119 e. The third-order valence-electron chi connectivity index (χ3n) is 0.851. The minimum Gasteiger partial charge on any atom is -0.687 e. The first-order valence-electron chi connectivity index (χ1n) is 3.85. The molecule has 0 aliphatic heterocycles. The van der Waals surface area contributed by atoms with E-state index in [4.69, 9.17) is 14.2 Å². The number of rotatable bonds is 6. The van der Waals surface area contributed by atoms with Crippen LogP contribution >= 0.6 is 0 Å². The van der Waals surface area contributed by atoms with Crippen LogP contribution in [0, 0.1) is 6.26 Å². The second kappa shape index (κ2) is 11.0. The van der Waals surface area contributed by atoms with Gasteiger partial charge in [-0.3, -0.25) is 0 Å². The second-order valence-electron chi connectivity index (χ2n) is 1.69. The van der Waals surface area contributed by atoms with Crippen LogP contribution in [0.4, 0.5) is 0 Å². The van der Waals surface area contributed by atoms with Crippen LogP contribution in [0.3, 0.4) is 0 Å². The van der Waals surface area contributed by atoms with Gasteiger partial charge in [0.25, 0.3) is 0 Å². The van der Waals surface area contributed by atoms with Crippen molar-refractivity contribution in [3.63, 3.8) is 0 Å². The molecule has 0 aliphatic rings. The Balaban J connectivity index is 0. The first-order chi connectivity index (χ1) is 5.35. The first-order valence-corrected chi connectivity index (χ1v) is 3.85. The minimum atomic E-state index is 0. The van der Waals surface area contributed by atoms with E-state index in [1.54, 1.807) is 0 Å². The van der Waals surface area contributed by atoms with E-state index >= 15 is 0 Å². The zero-order valence-electron chi connectivity index (χ0n) is 7.85. The maximum Gasteiger partial charge on any atom is 0.119 e. The van der Waals surface area contributed by atoms with E-state index in [1.165, 1.54) is 0 Å². The summed E-state index contributed by atoms with van der Waals surface area (Å²) in [5, 5.41) is 0. The van der Waals surface area contributed by atoms with Gasteiger partial charge in [-0.15, -0.1) is 0 Å². The molecule has 0 spiro atoms. The van der Waals surface area contributed by atoms with Crippen molar-refractivity contribution in [1.82, 2.24) is 0 Å². The largest absolute Gasteiger partial charge is 0.687 e. The molecule has 0 fully saturated rings. The summed E-state index contributed by atoms with van der Waals surface area (Å²) >= 11 is 0. The van der Waals surface area contributed by atoms with Gasteiger partial charge in [0.15, 0.2) is 0 Å². The Morgan fingerprint density at radius 1 is 1.00 bits per heavy atom. The van der Waals surface area contributed by atoms with Crippen molar-refractivity contribution in [3.8, 4) is 0 Å². The average molecular weight is 250 g/mol. The molecule has 0 rings (SSSR count). The van der Waals surface area contributed by atoms with Gasteiger partial charge in [-0.25, -0.2) is 6.26 Å². The van der Waals surface area contributed by atoms with Gasteiger partial charge in [0.2, 0.25) is 0 Å². The van der Waals surface area contributed by atoms with Crippen LogP contribution in [0.1, 0.15) is 20.8 Å². The summed E-state index contributed by atoms with van der Waals surface area (Å²) in [6.07, 6.45) is 2.54. The van der Waals surface area contributed by atoms with Crippen LogP contribution < -0.4 is 0 Å². The van der Waals surface area contributed by atoms with E-state index in [0.29, 0.717) is 25.8 Å². The van der Waals surface area contributed by atoms with Gasteiger partial charge < -0.3 is 14.2 Å². The summed E-state index contributed by atoms with van der Waals surface area (Å²) in [5.41, 5.74) is 0. The second-order valence-corrected chi connectivity index (χ2v) is 1.69. The van der Waals surface area contributed by atoms with E-state index < -0.39 is 0 Å². The van der Waals surface area contributed by atoms with Crippen molar-refractivity contribution in [2.24, 2.45) is 0 Å². The molecule has 0 heterocycles. The van der Waals surface area contributed by atoms with Crippen molar-refractivity contribution in [3.05, 3.63) is 12.2 Å². The number of hydrogen-bond acceptors (Lipinski definition) is 3. The third kappa shape index (κ3) is 8.12. The summed E-state index contributed by atoms with van der Waals surface area (Å²) in [6, 6.07) is 0. The Kier molecular flexibility index (Phi) is 13.4. The fraction of sp³-hybridized carbons (Fsp3) is 0.750. The van der Waals surface area contributed by atoms with Crippen LogP contribution in [0.15, 0.2) is 5.95 Å². The van der Waals surface area contributed by atoms with Gasteiger partial charge in [-0.05, 0) is 20.8 Å². The van der Waals surface area contributed by atoms with Crippen molar-refractivity contribution in [2.75, 3.05) is 19.8 Å². The fourth-order valence-electron chi connectivity index (χ4n) is 0.494. The average Bonchev–Trinajstić information content (AvgIpc) is 2.01. The normalized spacial score (nSPS) is 7.92. The van der Waals surface area contributed by atoms with E-state index in [-0.39, 0.29) is 26.2 Å². The molecule has 0 aliphatic carbocycles. The predicted octanol–water partition coefficient (Wildman–Crippen LogP) is 1.70. The summed E-state index contributed by atoms with van der Waals surface area (Å²) in [5.74, 6) is 0.330. The molecule has 4 heteroatoms. The molecule has 0 radical (unpaired) electrons. The molecule has 0 aromatic rings. The Morgan fingerprint density at radius 2 is 1.50 bits per heavy atom. The van der Waals surface area contributed by atoms with Crippen LogP contribution in [0.5, 0.6) is 0 Å². The van der Waals surface area contributed by atoms with Crippen LogP contribution in [-0.2, 0) is 40.4 Å². The van der Waals surface area contributed by atoms with Crippen LogP contribution in [-0.4, -0.2) is 19.8 Å². The van der Waals surface area contributed by atoms with Crippen LogP contribution in [0.2, 0.25) is 0 Å². The Morgan fingerprint density at radius 3 is 1.83 bits per heavy atom. The Hall–Kier alpha value is 0.0231. The van der Waals surface area contributed by atoms with Gasteiger partial charge in [0.05, 0.1) is 13.2 Å². The van der Waals surface area contributed by atoms with Gasteiger partial charge in [-0.2, -0.15) is 0 Å². The topological polar surface area (TPSA) is 27.7 Å². The Labute approximate surface area is 93.2 Å². The molecular weight excluding hydrogens is 235 g/mol. The van der Waals surface area contributed by atoms with E-state index in [2.05, 4.69) is 6.26 Å². The summed E-state index contributed by atoms with van der Waals surface area (Å²) < 4.78 is 14.9. The molecule has 0 N–H and O–H groups in total. The van der Waals surface area contributed by atoms with Gasteiger partial charge in [0.1, 0.15) is 5.95 Å². The molecule has 12 heavy (non-hydrogen) atoms. The molecule has 0 amide bonds. The zero-order valence-corrected chi connectivity index (χ0v) is 10.3. The fourth-order valence-corrected chi connectivity index (χ4v) is 0.494. The summed E-state index contributed by atoms with van der Waals surface area (Å²) in [7, 11) is 0. The number of ether oxygens (including phenoxy) is 3. The summed E-state index contributed by atoms with van der Waals surface area (Å²) in [4.78, 5) is 0. The molecule has 0 unspecified atom stereocenters. The van der Waals surface area contributed by atoms with E-state index in [0.717, 1.165) is 0 Å². The predicted molar refractivity (Wildman–Crippen MR) is 41.6 cm³/mol. The zero-order chi connectivity index (χ0) is 8.53. The van der Waals surface area contributed by atoms with Crippen molar-refractivity contribution in [1.29, 1.82) is 0 Å². The maximum atomic E-state index is 5.04.